The van der Waals surface area contributed by atoms with Gasteiger partial charge in [-0.05, 0) is 32.6 Å². The van der Waals surface area contributed by atoms with Crippen molar-refractivity contribution in [1.82, 2.24) is 15.1 Å². The average Bonchev–Trinajstić information content (AvgIpc) is 2.85. The van der Waals surface area contributed by atoms with E-state index in [0.717, 1.165) is 6.42 Å². The van der Waals surface area contributed by atoms with Crippen molar-refractivity contribution in [3.8, 4) is 0 Å². The third-order valence-electron chi connectivity index (χ3n) is 5.54. The van der Waals surface area contributed by atoms with E-state index in [0.29, 0.717) is 64.4 Å². The molecule has 3 heterocycles. The molecule has 8 heteroatoms. The lowest BCUT2D eigenvalue weighted by molar-refractivity contribution is -0.160. The van der Waals surface area contributed by atoms with Crippen LogP contribution in [0.5, 0.6) is 0 Å². The zero-order valence-corrected chi connectivity index (χ0v) is 15.1. The van der Waals surface area contributed by atoms with Gasteiger partial charge in [-0.25, -0.2) is 0 Å². The molecular formula is C17H28N4O4. The van der Waals surface area contributed by atoms with Gasteiger partial charge in [0.2, 0.25) is 0 Å². The molecule has 0 radical (unpaired) electrons. The molecule has 1 atom stereocenters. The summed E-state index contributed by atoms with van der Waals surface area (Å²) in [5.74, 6) is 0.444. The summed E-state index contributed by atoms with van der Waals surface area (Å²) in [6.07, 6.45) is 2.51. The molecule has 0 aliphatic carbocycles. The maximum atomic E-state index is 12.7. The number of amides is 2. The fourth-order valence-electron chi connectivity index (χ4n) is 4.10. The average molecular weight is 352 g/mol. The van der Waals surface area contributed by atoms with Gasteiger partial charge in [0.25, 0.3) is 11.8 Å². The highest BCUT2D eigenvalue weighted by Crippen LogP contribution is 2.32. The van der Waals surface area contributed by atoms with Crippen LogP contribution in [0.3, 0.4) is 0 Å². The quantitative estimate of drug-likeness (QED) is 0.687. The number of amidine groups is 1. The van der Waals surface area contributed by atoms with Crippen LogP contribution in [0.25, 0.3) is 0 Å². The topological polar surface area (TPSA) is 94.5 Å². The number of aliphatic imine (C=N–C) groups is 1. The molecule has 3 aliphatic heterocycles. The first-order valence-electron chi connectivity index (χ1n) is 8.99. The van der Waals surface area contributed by atoms with Gasteiger partial charge in [0.15, 0.2) is 5.60 Å². The van der Waals surface area contributed by atoms with E-state index in [4.69, 9.17) is 4.74 Å². The highest BCUT2D eigenvalue weighted by molar-refractivity contribution is 6.07. The van der Waals surface area contributed by atoms with Crippen molar-refractivity contribution in [1.29, 1.82) is 0 Å². The highest BCUT2D eigenvalue weighted by Gasteiger charge is 2.48. The SMILES string of the molecule is COCCN1CCC[C@@](O)(CN2CCC3(CC2)N=C(C)NC3=O)C1=O. The van der Waals surface area contributed by atoms with E-state index in [2.05, 4.69) is 15.2 Å². The Kier molecular flexibility index (Phi) is 5.13. The van der Waals surface area contributed by atoms with Crippen molar-refractivity contribution < 1.29 is 19.4 Å². The van der Waals surface area contributed by atoms with Gasteiger partial charge in [0.05, 0.1) is 6.61 Å². The van der Waals surface area contributed by atoms with Gasteiger partial charge < -0.3 is 20.1 Å². The number of piperidine rings is 2. The minimum absolute atomic E-state index is 0.0251. The molecule has 3 aliphatic rings. The molecular weight excluding hydrogens is 324 g/mol. The minimum atomic E-state index is -1.34. The van der Waals surface area contributed by atoms with Gasteiger partial charge in [-0.2, -0.15) is 0 Å². The molecule has 0 aromatic carbocycles. The Morgan fingerprint density at radius 1 is 1.24 bits per heavy atom. The molecule has 140 valence electrons. The van der Waals surface area contributed by atoms with Crippen LogP contribution in [0.4, 0.5) is 0 Å². The molecule has 2 saturated heterocycles. The number of β-amino-alcohol motifs (C(OH)–C–C–N with tert-alkyl or cyclic N) is 1. The van der Waals surface area contributed by atoms with Gasteiger partial charge in [-0.1, -0.05) is 0 Å². The minimum Gasteiger partial charge on any atom is -0.383 e. The second-order valence-corrected chi connectivity index (χ2v) is 7.38. The number of nitrogens with one attached hydrogen (secondary N) is 1. The molecule has 8 nitrogen and oxygen atoms in total. The Morgan fingerprint density at radius 2 is 1.96 bits per heavy atom. The predicted octanol–water partition coefficient (Wildman–Crippen LogP) is -0.631. The number of likely N-dealkylation sites (tertiary alicyclic amines) is 2. The predicted molar refractivity (Wildman–Crippen MR) is 92.3 cm³/mol. The second kappa shape index (κ2) is 7.01. The van der Waals surface area contributed by atoms with Crippen LogP contribution in [-0.2, 0) is 14.3 Å². The van der Waals surface area contributed by atoms with Gasteiger partial charge in [0.1, 0.15) is 11.4 Å². The van der Waals surface area contributed by atoms with Gasteiger partial charge >= 0.3 is 0 Å². The standard InChI is InChI=1S/C17H28N4O4/c1-13-18-14(22)16(19-13)5-8-20(9-6-16)12-17(24)4-3-7-21(15(17)23)10-11-25-2/h24H,3-12H2,1-2H3,(H,18,19,22)/t17-/m1/s1. The number of ether oxygens (including phenoxy) is 1. The van der Waals surface area contributed by atoms with Crippen LogP contribution < -0.4 is 5.32 Å². The lowest BCUT2D eigenvalue weighted by Crippen LogP contribution is -2.60. The molecule has 2 fully saturated rings. The summed E-state index contributed by atoms with van der Waals surface area (Å²) in [6, 6.07) is 0. The smallest absolute Gasteiger partial charge is 0.255 e. The highest BCUT2D eigenvalue weighted by atomic mass is 16.5. The van der Waals surface area contributed by atoms with Gasteiger partial charge in [0, 0.05) is 39.8 Å². The summed E-state index contributed by atoms with van der Waals surface area (Å²) in [5.41, 5.74) is -1.99. The molecule has 25 heavy (non-hydrogen) atoms. The Bertz CT molecular complexity index is 571. The van der Waals surface area contributed by atoms with Crippen LogP contribution in [-0.4, -0.2) is 90.1 Å². The number of hydrogen-bond acceptors (Lipinski definition) is 6. The van der Waals surface area contributed by atoms with E-state index in [9.17, 15) is 14.7 Å². The van der Waals surface area contributed by atoms with Crippen molar-refractivity contribution in [3.05, 3.63) is 0 Å². The Labute approximate surface area is 148 Å². The number of carbonyl (C=O) groups is 2. The molecule has 0 bridgehead atoms. The second-order valence-electron chi connectivity index (χ2n) is 7.38. The Hall–Kier alpha value is -1.51. The van der Waals surface area contributed by atoms with Gasteiger partial charge in [-0.3, -0.25) is 19.5 Å². The number of methoxy groups -OCH3 is 1. The summed E-state index contributed by atoms with van der Waals surface area (Å²) >= 11 is 0. The molecule has 3 rings (SSSR count). The largest absolute Gasteiger partial charge is 0.383 e. The number of aliphatic hydroxyl groups is 1. The van der Waals surface area contributed by atoms with Crippen molar-refractivity contribution in [2.75, 3.05) is 46.4 Å². The molecule has 0 aromatic rings. The molecule has 0 saturated carbocycles. The number of carbonyl (C=O) groups excluding carboxylic acids is 2. The molecule has 2 N–H and O–H groups in total. The lowest BCUT2D eigenvalue weighted by Gasteiger charge is -2.43. The Balaban J connectivity index is 1.59. The number of nitrogens with zero attached hydrogens (tertiary/aromatic N) is 3. The van der Waals surface area contributed by atoms with E-state index >= 15 is 0 Å². The first-order chi connectivity index (χ1) is 11.9. The van der Waals surface area contributed by atoms with Crippen molar-refractivity contribution in [2.45, 2.75) is 43.7 Å². The van der Waals surface area contributed by atoms with E-state index in [-0.39, 0.29) is 11.8 Å². The van der Waals surface area contributed by atoms with E-state index < -0.39 is 11.1 Å². The third-order valence-corrected chi connectivity index (χ3v) is 5.54. The zero-order valence-electron chi connectivity index (χ0n) is 15.1. The number of rotatable bonds is 5. The molecule has 0 aromatic heterocycles. The molecule has 1 spiro atoms. The summed E-state index contributed by atoms with van der Waals surface area (Å²) in [6.45, 7) is 5.07. The van der Waals surface area contributed by atoms with Crippen LogP contribution in [0.15, 0.2) is 4.99 Å². The van der Waals surface area contributed by atoms with E-state index in [1.165, 1.54) is 0 Å². The first kappa shape index (κ1) is 18.3. The molecule has 0 unspecified atom stereocenters. The monoisotopic (exact) mass is 352 g/mol. The summed E-state index contributed by atoms with van der Waals surface area (Å²) < 4.78 is 5.05. The maximum Gasteiger partial charge on any atom is 0.255 e. The fraction of sp³-hybridized carbons (Fsp3) is 0.824. The number of hydrogen-bond donors (Lipinski definition) is 2. The normalized spacial score (nSPS) is 29.9. The summed E-state index contributed by atoms with van der Waals surface area (Å²) in [7, 11) is 1.60. The van der Waals surface area contributed by atoms with Crippen molar-refractivity contribution >= 4 is 17.6 Å². The van der Waals surface area contributed by atoms with E-state index in [1.54, 1.807) is 18.9 Å². The lowest BCUT2D eigenvalue weighted by atomic mass is 9.86. The van der Waals surface area contributed by atoms with Crippen LogP contribution >= 0.6 is 0 Å². The van der Waals surface area contributed by atoms with Crippen molar-refractivity contribution in [3.63, 3.8) is 0 Å². The Morgan fingerprint density at radius 3 is 2.56 bits per heavy atom. The van der Waals surface area contributed by atoms with Crippen LogP contribution in [0, 0.1) is 0 Å². The van der Waals surface area contributed by atoms with Crippen LogP contribution in [0.2, 0.25) is 0 Å². The summed E-state index contributed by atoms with van der Waals surface area (Å²) in [5, 5.41) is 13.7. The maximum absolute atomic E-state index is 12.7. The molecule has 2 amide bonds. The van der Waals surface area contributed by atoms with Crippen LogP contribution in [0.1, 0.15) is 32.6 Å². The third kappa shape index (κ3) is 3.56. The summed E-state index contributed by atoms with van der Waals surface area (Å²) in [4.78, 5) is 33.1. The first-order valence-corrected chi connectivity index (χ1v) is 8.99. The van der Waals surface area contributed by atoms with Crippen molar-refractivity contribution in [2.24, 2.45) is 4.99 Å². The zero-order chi connectivity index (χ0) is 18.1. The van der Waals surface area contributed by atoms with E-state index in [1.807, 2.05) is 0 Å². The fourth-order valence-corrected chi connectivity index (χ4v) is 4.10. The van der Waals surface area contributed by atoms with Gasteiger partial charge in [-0.15, -0.1) is 0 Å².